The van der Waals surface area contributed by atoms with E-state index in [0.29, 0.717) is 11.3 Å². The Kier molecular flexibility index (Phi) is 2.98. The normalized spacial score (nSPS) is 14.5. The highest BCUT2D eigenvalue weighted by Gasteiger charge is 2.32. The summed E-state index contributed by atoms with van der Waals surface area (Å²) in [6.45, 7) is 1.77. The first kappa shape index (κ1) is 10.5. The molecule has 1 heterocycles. The molecule has 0 radical (unpaired) electrons. The van der Waals surface area contributed by atoms with Gasteiger partial charge in [0.25, 0.3) is 0 Å². The van der Waals surface area contributed by atoms with E-state index in [2.05, 4.69) is 0 Å². The van der Waals surface area contributed by atoms with Crippen LogP contribution in [-0.4, -0.2) is 6.04 Å². The molecule has 0 aliphatic heterocycles. The Morgan fingerprint density at radius 2 is 2.08 bits per heavy atom. The molecule has 74 valence electrons. The first-order chi connectivity index (χ1) is 5.89. The van der Waals surface area contributed by atoms with Gasteiger partial charge < -0.3 is 5.73 Å². The molecule has 1 rings (SSSR count). The molecule has 13 heavy (non-hydrogen) atoms. The van der Waals surface area contributed by atoms with Crippen LogP contribution in [0.3, 0.4) is 0 Å². The van der Waals surface area contributed by atoms with Crippen molar-refractivity contribution in [2.75, 3.05) is 0 Å². The van der Waals surface area contributed by atoms with Gasteiger partial charge in [0.1, 0.15) is 4.88 Å². The molecule has 0 bridgehead atoms. The summed E-state index contributed by atoms with van der Waals surface area (Å²) in [5.74, 6) is 0. The number of hydrogen-bond acceptors (Lipinski definition) is 2. The Labute approximate surface area is 78.4 Å². The van der Waals surface area contributed by atoms with Crippen molar-refractivity contribution in [2.45, 2.75) is 25.6 Å². The molecule has 5 heteroatoms. The Morgan fingerprint density at radius 1 is 1.46 bits per heavy atom. The van der Waals surface area contributed by atoms with Gasteiger partial charge in [-0.25, -0.2) is 0 Å². The van der Waals surface area contributed by atoms with E-state index in [-0.39, 0.29) is 6.04 Å². The van der Waals surface area contributed by atoms with Gasteiger partial charge in [-0.05, 0) is 25.5 Å². The number of nitrogens with two attached hydrogens (primary N) is 1. The molecule has 0 fully saturated rings. The summed E-state index contributed by atoms with van der Waals surface area (Å²) >= 11 is 0.763. The lowest BCUT2D eigenvalue weighted by molar-refractivity contribution is -0.134. The molecule has 1 atom stereocenters. The number of thiophene rings is 1. The maximum atomic E-state index is 12.1. The highest BCUT2D eigenvalue weighted by atomic mass is 32.1. The van der Waals surface area contributed by atoms with E-state index >= 15 is 0 Å². The van der Waals surface area contributed by atoms with E-state index in [1.807, 2.05) is 0 Å². The average Bonchev–Trinajstić information content (AvgIpc) is 2.32. The smallest absolute Gasteiger partial charge is 0.328 e. The Morgan fingerprint density at radius 3 is 2.46 bits per heavy atom. The van der Waals surface area contributed by atoms with Gasteiger partial charge in [0, 0.05) is 10.9 Å². The molecular formula is C8H10F3NS. The third kappa shape index (κ3) is 3.00. The predicted octanol–water partition coefficient (Wildman–Crippen LogP) is 2.66. The molecule has 0 aliphatic rings. The fraction of sp³-hybridized carbons (Fsp3) is 0.500. The van der Waals surface area contributed by atoms with E-state index < -0.39 is 11.1 Å². The van der Waals surface area contributed by atoms with Gasteiger partial charge in [0.05, 0.1) is 0 Å². The zero-order chi connectivity index (χ0) is 10.1. The Hall–Kier alpha value is -0.550. The minimum absolute atomic E-state index is 0.0975. The minimum atomic E-state index is -4.22. The largest absolute Gasteiger partial charge is 0.425 e. The third-order valence-corrected chi connectivity index (χ3v) is 2.62. The monoisotopic (exact) mass is 209 g/mol. The Balaban J connectivity index is 2.75. The van der Waals surface area contributed by atoms with Crippen molar-refractivity contribution in [3.63, 3.8) is 0 Å². The number of hydrogen-bond donors (Lipinski definition) is 1. The number of rotatable bonds is 2. The van der Waals surface area contributed by atoms with Crippen molar-refractivity contribution < 1.29 is 13.2 Å². The van der Waals surface area contributed by atoms with E-state index in [1.165, 1.54) is 6.07 Å². The van der Waals surface area contributed by atoms with Crippen LogP contribution in [0.5, 0.6) is 0 Å². The van der Waals surface area contributed by atoms with Crippen molar-refractivity contribution in [3.05, 3.63) is 21.9 Å². The van der Waals surface area contributed by atoms with Gasteiger partial charge in [-0.2, -0.15) is 13.2 Å². The Bertz CT molecular complexity index is 277. The van der Waals surface area contributed by atoms with E-state index in [4.69, 9.17) is 5.73 Å². The summed E-state index contributed by atoms with van der Waals surface area (Å²) in [6, 6.07) is 2.49. The maximum Gasteiger partial charge on any atom is 0.425 e. The van der Waals surface area contributed by atoms with Gasteiger partial charge in [0.15, 0.2) is 0 Å². The first-order valence-corrected chi connectivity index (χ1v) is 4.62. The second kappa shape index (κ2) is 3.67. The predicted molar refractivity (Wildman–Crippen MR) is 46.7 cm³/mol. The van der Waals surface area contributed by atoms with Crippen LogP contribution < -0.4 is 5.73 Å². The molecule has 0 saturated carbocycles. The molecule has 0 aromatic carbocycles. The summed E-state index contributed by atoms with van der Waals surface area (Å²) in [6.07, 6.45) is -3.72. The quantitative estimate of drug-likeness (QED) is 0.796. The van der Waals surface area contributed by atoms with Crippen LogP contribution in [0, 0.1) is 0 Å². The molecule has 0 spiro atoms. The average molecular weight is 209 g/mol. The van der Waals surface area contributed by atoms with Gasteiger partial charge >= 0.3 is 6.18 Å². The fourth-order valence-electron chi connectivity index (χ4n) is 0.957. The molecule has 2 N–H and O–H groups in total. The van der Waals surface area contributed by atoms with Crippen molar-refractivity contribution in [1.29, 1.82) is 0 Å². The van der Waals surface area contributed by atoms with Gasteiger partial charge in [-0.1, -0.05) is 0 Å². The molecule has 1 aromatic heterocycles. The lowest BCUT2D eigenvalue weighted by Crippen LogP contribution is -2.16. The van der Waals surface area contributed by atoms with E-state index in [0.717, 1.165) is 17.4 Å². The fourth-order valence-corrected chi connectivity index (χ4v) is 1.97. The standard InChI is InChI=1S/C8H10F3NS/c1-5(12)4-6-2-3-7(13-6)8(9,10)11/h2-3,5H,4,12H2,1H3/t5-/m1/s1. The lowest BCUT2D eigenvalue weighted by Gasteiger charge is -2.02. The molecule has 0 saturated heterocycles. The third-order valence-electron chi connectivity index (χ3n) is 1.46. The highest BCUT2D eigenvalue weighted by molar-refractivity contribution is 7.12. The SMILES string of the molecule is C[C@@H](N)Cc1ccc(C(F)(F)F)s1. The van der Waals surface area contributed by atoms with Crippen molar-refractivity contribution in [3.8, 4) is 0 Å². The van der Waals surface area contributed by atoms with Crippen molar-refractivity contribution >= 4 is 11.3 Å². The summed E-state index contributed by atoms with van der Waals surface area (Å²) in [5, 5.41) is 0. The second-order valence-corrected chi connectivity index (χ2v) is 4.11. The number of alkyl halides is 3. The maximum absolute atomic E-state index is 12.1. The van der Waals surface area contributed by atoms with Crippen molar-refractivity contribution in [2.24, 2.45) is 5.73 Å². The van der Waals surface area contributed by atoms with Gasteiger partial charge in [0.2, 0.25) is 0 Å². The lowest BCUT2D eigenvalue weighted by atomic mass is 10.2. The molecule has 0 aliphatic carbocycles. The van der Waals surface area contributed by atoms with Crippen LogP contribution in [0.2, 0.25) is 0 Å². The summed E-state index contributed by atoms with van der Waals surface area (Å²) < 4.78 is 36.4. The molecule has 1 nitrogen and oxygen atoms in total. The first-order valence-electron chi connectivity index (χ1n) is 3.81. The zero-order valence-electron chi connectivity index (χ0n) is 7.06. The molecule has 1 aromatic rings. The summed E-state index contributed by atoms with van der Waals surface area (Å²) in [4.78, 5) is 0.130. The summed E-state index contributed by atoms with van der Waals surface area (Å²) in [7, 11) is 0. The molecular weight excluding hydrogens is 199 g/mol. The zero-order valence-corrected chi connectivity index (χ0v) is 7.88. The summed E-state index contributed by atoms with van der Waals surface area (Å²) in [5.41, 5.74) is 5.47. The highest BCUT2D eigenvalue weighted by Crippen LogP contribution is 2.34. The van der Waals surface area contributed by atoms with Crippen LogP contribution in [0.25, 0.3) is 0 Å². The van der Waals surface area contributed by atoms with Crippen molar-refractivity contribution in [1.82, 2.24) is 0 Å². The van der Waals surface area contributed by atoms with E-state index in [9.17, 15) is 13.2 Å². The molecule has 0 unspecified atom stereocenters. The van der Waals surface area contributed by atoms with Crippen LogP contribution in [-0.2, 0) is 12.6 Å². The minimum Gasteiger partial charge on any atom is -0.328 e. The van der Waals surface area contributed by atoms with Gasteiger partial charge in [-0.15, -0.1) is 11.3 Å². The van der Waals surface area contributed by atoms with Crippen LogP contribution in [0.15, 0.2) is 12.1 Å². The topological polar surface area (TPSA) is 26.0 Å². The van der Waals surface area contributed by atoms with Crippen LogP contribution in [0.1, 0.15) is 16.7 Å². The van der Waals surface area contributed by atoms with Gasteiger partial charge in [-0.3, -0.25) is 0 Å². The second-order valence-electron chi connectivity index (χ2n) is 2.95. The van der Waals surface area contributed by atoms with Crippen LogP contribution >= 0.6 is 11.3 Å². The number of halogens is 3. The van der Waals surface area contributed by atoms with Crippen LogP contribution in [0.4, 0.5) is 13.2 Å². The molecule has 0 amide bonds. The van der Waals surface area contributed by atoms with E-state index in [1.54, 1.807) is 6.92 Å².